The van der Waals surface area contributed by atoms with Gasteiger partial charge in [0.05, 0.1) is 18.8 Å². The quantitative estimate of drug-likeness (QED) is 0.860. The highest BCUT2D eigenvalue weighted by Gasteiger charge is 2.27. The van der Waals surface area contributed by atoms with Crippen LogP contribution in [0.15, 0.2) is 22.6 Å². The first-order chi connectivity index (χ1) is 10.7. The van der Waals surface area contributed by atoms with E-state index in [0.29, 0.717) is 47.8 Å². The maximum absolute atomic E-state index is 11.5. The standard InChI is InChI=1S/C15H15ClN2O4/c1-2-20-12-4-3-9(16)7-11(12)14-17-18-15(22-14)13-8-10(19)5-6-21-13/h3-4,7,13H,2,5-6,8H2,1H3. The van der Waals surface area contributed by atoms with E-state index in [0.717, 1.165) is 0 Å². The van der Waals surface area contributed by atoms with Crippen LogP contribution in [0, 0.1) is 0 Å². The molecule has 116 valence electrons. The minimum absolute atomic E-state index is 0.133. The molecule has 0 spiro atoms. The molecule has 22 heavy (non-hydrogen) atoms. The first-order valence-electron chi connectivity index (χ1n) is 7.06. The third-order valence-electron chi connectivity index (χ3n) is 3.30. The van der Waals surface area contributed by atoms with Crippen molar-refractivity contribution in [2.45, 2.75) is 25.9 Å². The molecule has 0 N–H and O–H groups in total. The molecule has 3 rings (SSSR count). The van der Waals surface area contributed by atoms with Gasteiger partial charge in [-0.1, -0.05) is 11.6 Å². The summed E-state index contributed by atoms with van der Waals surface area (Å²) in [5, 5.41) is 8.56. The Hall–Kier alpha value is -1.92. The molecule has 1 unspecified atom stereocenters. The monoisotopic (exact) mass is 322 g/mol. The molecule has 6 nitrogen and oxygen atoms in total. The molecule has 2 heterocycles. The van der Waals surface area contributed by atoms with Crippen molar-refractivity contribution in [3.63, 3.8) is 0 Å². The first kappa shape index (κ1) is 15.0. The van der Waals surface area contributed by atoms with Gasteiger partial charge in [0.15, 0.2) is 0 Å². The minimum Gasteiger partial charge on any atom is -0.493 e. The van der Waals surface area contributed by atoms with Crippen molar-refractivity contribution in [2.75, 3.05) is 13.2 Å². The van der Waals surface area contributed by atoms with Crippen molar-refractivity contribution >= 4 is 17.4 Å². The third kappa shape index (κ3) is 3.13. The fraction of sp³-hybridized carbons (Fsp3) is 0.400. The number of aromatic nitrogens is 2. The second-order valence-electron chi connectivity index (χ2n) is 4.87. The molecular weight excluding hydrogens is 308 g/mol. The molecule has 0 aliphatic carbocycles. The summed E-state index contributed by atoms with van der Waals surface area (Å²) < 4.78 is 16.7. The highest BCUT2D eigenvalue weighted by molar-refractivity contribution is 6.30. The van der Waals surface area contributed by atoms with E-state index < -0.39 is 6.10 Å². The fourth-order valence-corrected chi connectivity index (χ4v) is 2.44. The zero-order valence-corrected chi connectivity index (χ0v) is 12.8. The lowest BCUT2D eigenvalue weighted by atomic mass is 10.1. The highest BCUT2D eigenvalue weighted by Crippen LogP contribution is 2.34. The molecule has 2 aromatic rings. The minimum atomic E-state index is -0.475. The SMILES string of the molecule is CCOc1ccc(Cl)cc1-c1nnc(C2CC(=O)CCO2)o1. The van der Waals surface area contributed by atoms with Gasteiger partial charge in [-0.05, 0) is 25.1 Å². The lowest BCUT2D eigenvalue weighted by Crippen LogP contribution is -2.19. The summed E-state index contributed by atoms with van der Waals surface area (Å²) in [6.45, 7) is 2.78. The molecule has 1 atom stereocenters. The van der Waals surface area contributed by atoms with Gasteiger partial charge in [0.1, 0.15) is 17.6 Å². The lowest BCUT2D eigenvalue weighted by molar-refractivity contribution is -0.129. The molecule has 1 fully saturated rings. The Balaban J connectivity index is 1.90. The average molecular weight is 323 g/mol. The largest absolute Gasteiger partial charge is 0.493 e. The van der Waals surface area contributed by atoms with Gasteiger partial charge >= 0.3 is 0 Å². The van der Waals surface area contributed by atoms with Gasteiger partial charge in [-0.15, -0.1) is 10.2 Å². The van der Waals surface area contributed by atoms with E-state index in [2.05, 4.69) is 10.2 Å². The number of nitrogens with zero attached hydrogens (tertiary/aromatic N) is 2. The molecule has 1 saturated heterocycles. The molecule has 1 aromatic carbocycles. The molecular formula is C15H15ClN2O4. The number of benzene rings is 1. The van der Waals surface area contributed by atoms with Crippen LogP contribution in [-0.4, -0.2) is 29.2 Å². The van der Waals surface area contributed by atoms with Crippen LogP contribution < -0.4 is 4.74 Å². The lowest BCUT2D eigenvalue weighted by Gasteiger charge is -2.18. The Morgan fingerprint density at radius 2 is 2.27 bits per heavy atom. The van der Waals surface area contributed by atoms with Crippen LogP contribution in [0.2, 0.25) is 5.02 Å². The number of Topliss-reactive ketones (excluding diaryl/α,β-unsaturated/α-hetero) is 1. The van der Waals surface area contributed by atoms with Crippen molar-refractivity contribution < 1.29 is 18.7 Å². The number of rotatable bonds is 4. The zero-order chi connectivity index (χ0) is 15.5. The third-order valence-corrected chi connectivity index (χ3v) is 3.54. The molecule has 0 bridgehead atoms. The Morgan fingerprint density at radius 1 is 1.41 bits per heavy atom. The van der Waals surface area contributed by atoms with E-state index in [1.165, 1.54) is 0 Å². The summed E-state index contributed by atoms with van der Waals surface area (Å²) in [4.78, 5) is 11.5. The fourth-order valence-electron chi connectivity index (χ4n) is 2.27. The van der Waals surface area contributed by atoms with Gasteiger partial charge in [-0.25, -0.2) is 0 Å². The highest BCUT2D eigenvalue weighted by atomic mass is 35.5. The van der Waals surface area contributed by atoms with E-state index in [-0.39, 0.29) is 12.2 Å². The van der Waals surface area contributed by atoms with Crippen molar-refractivity contribution in [2.24, 2.45) is 0 Å². The van der Waals surface area contributed by atoms with Crippen LogP contribution in [0.5, 0.6) is 5.75 Å². The molecule has 1 aliphatic heterocycles. The van der Waals surface area contributed by atoms with Gasteiger partial charge in [0.2, 0.25) is 5.89 Å². The van der Waals surface area contributed by atoms with Crippen LogP contribution >= 0.6 is 11.6 Å². The summed E-state index contributed by atoms with van der Waals surface area (Å²) in [6.07, 6.45) is 0.215. The van der Waals surface area contributed by atoms with Crippen molar-refractivity contribution in [1.29, 1.82) is 0 Å². The van der Waals surface area contributed by atoms with Crippen molar-refractivity contribution in [3.8, 4) is 17.2 Å². The van der Waals surface area contributed by atoms with E-state index in [9.17, 15) is 4.79 Å². The molecule has 0 radical (unpaired) electrons. The maximum Gasteiger partial charge on any atom is 0.251 e. The summed E-state index contributed by atoms with van der Waals surface area (Å²) in [6, 6.07) is 5.19. The maximum atomic E-state index is 11.5. The topological polar surface area (TPSA) is 74.5 Å². The number of carbonyl (C=O) groups is 1. The second-order valence-corrected chi connectivity index (χ2v) is 5.31. The summed E-state index contributed by atoms with van der Waals surface area (Å²) >= 11 is 6.03. The van der Waals surface area contributed by atoms with Crippen molar-refractivity contribution in [1.82, 2.24) is 10.2 Å². The van der Waals surface area contributed by atoms with Crippen LogP contribution in [0.3, 0.4) is 0 Å². The molecule has 0 amide bonds. The second kappa shape index (κ2) is 6.46. The van der Waals surface area contributed by atoms with Crippen LogP contribution in [0.4, 0.5) is 0 Å². The summed E-state index contributed by atoms with van der Waals surface area (Å²) in [5.41, 5.74) is 0.621. The molecule has 1 aromatic heterocycles. The Morgan fingerprint density at radius 3 is 3.05 bits per heavy atom. The number of ketones is 1. The van der Waals surface area contributed by atoms with Crippen LogP contribution in [-0.2, 0) is 9.53 Å². The normalized spacial score (nSPS) is 18.5. The number of ether oxygens (including phenoxy) is 2. The van der Waals surface area contributed by atoms with E-state index in [4.69, 9.17) is 25.5 Å². The van der Waals surface area contributed by atoms with Crippen LogP contribution in [0.1, 0.15) is 31.8 Å². The van der Waals surface area contributed by atoms with Gasteiger partial charge in [0, 0.05) is 17.9 Å². The van der Waals surface area contributed by atoms with Gasteiger partial charge in [-0.3, -0.25) is 4.79 Å². The molecule has 7 heteroatoms. The smallest absolute Gasteiger partial charge is 0.251 e. The molecule has 1 aliphatic rings. The van der Waals surface area contributed by atoms with E-state index in [1.54, 1.807) is 18.2 Å². The Bertz CT molecular complexity index is 686. The van der Waals surface area contributed by atoms with Crippen molar-refractivity contribution in [3.05, 3.63) is 29.1 Å². The Kier molecular flexibility index (Phi) is 4.40. The number of hydrogen-bond donors (Lipinski definition) is 0. The Labute approximate surface area is 132 Å². The van der Waals surface area contributed by atoms with Gasteiger partial charge in [0.25, 0.3) is 5.89 Å². The summed E-state index contributed by atoms with van der Waals surface area (Å²) in [7, 11) is 0. The van der Waals surface area contributed by atoms with E-state index >= 15 is 0 Å². The number of hydrogen-bond acceptors (Lipinski definition) is 6. The van der Waals surface area contributed by atoms with Gasteiger partial charge < -0.3 is 13.9 Å². The zero-order valence-electron chi connectivity index (χ0n) is 12.0. The van der Waals surface area contributed by atoms with Crippen LogP contribution in [0.25, 0.3) is 11.5 Å². The number of carbonyl (C=O) groups excluding carboxylic acids is 1. The average Bonchev–Trinajstić information content (AvgIpc) is 2.99. The number of halogens is 1. The summed E-state index contributed by atoms with van der Waals surface area (Å²) in [5.74, 6) is 1.34. The predicted molar refractivity (Wildman–Crippen MR) is 78.8 cm³/mol. The first-order valence-corrected chi connectivity index (χ1v) is 7.44. The molecule has 0 saturated carbocycles. The predicted octanol–water partition coefficient (Wildman–Crippen LogP) is 3.21. The van der Waals surface area contributed by atoms with Gasteiger partial charge in [-0.2, -0.15) is 0 Å². The van der Waals surface area contributed by atoms with E-state index in [1.807, 2.05) is 6.92 Å².